The van der Waals surface area contributed by atoms with Gasteiger partial charge in [-0.15, -0.1) is 0 Å². The van der Waals surface area contributed by atoms with Gasteiger partial charge in [0.1, 0.15) is 11.5 Å². The number of fused-ring (bicyclic) bond motifs is 1. The number of allylic oxidation sites excluding steroid dienone is 1. The number of hydrogen-bond acceptors (Lipinski definition) is 4. The number of benzene rings is 2. The highest BCUT2D eigenvalue weighted by Crippen LogP contribution is 2.35. The molecule has 23 heavy (non-hydrogen) atoms. The molecular weight excluding hydrogens is 364 g/mol. The minimum absolute atomic E-state index is 0.216. The Morgan fingerprint density at radius 1 is 1.26 bits per heavy atom. The Morgan fingerprint density at radius 3 is 2.83 bits per heavy atom. The maximum Gasteiger partial charge on any atom is 0.341 e. The van der Waals surface area contributed by atoms with Crippen molar-refractivity contribution in [3.05, 3.63) is 63.8 Å². The fourth-order valence-corrected chi connectivity index (χ4v) is 2.57. The Bertz CT molecular complexity index is 825. The second-order valence-corrected chi connectivity index (χ2v) is 5.75. The van der Waals surface area contributed by atoms with Crippen molar-refractivity contribution in [2.75, 3.05) is 6.61 Å². The van der Waals surface area contributed by atoms with Crippen LogP contribution in [-0.4, -0.2) is 23.5 Å². The van der Waals surface area contributed by atoms with Crippen LogP contribution in [0.4, 0.5) is 0 Å². The molecule has 1 heterocycles. The molecule has 116 valence electrons. The number of carboxylic acid groups (broad SMARTS) is 1. The van der Waals surface area contributed by atoms with Crippen molar-refractivity contribution in [1.29, 1.82) is 0 Å². The molecule has 6 heteroatoms. The molecule has 0 amide bonds. The molecule has 0 aliphatic carbocycles. The van der Waals surface area contributed by atoms with Gasteiger partial charge in [-0.3, -0.25) is 4.79 Å². The Labute approximate surface area is 140 Å². The highest BCUT2D eigenvalue weighted by atomic mass is 79.9. The molecule has 1 aliphatic rings. The van der Waals surface area contributed by atoms with E-state index in [1.807, 2.05) is 24.3 Å². The first kappa shape index (κ1) is 15.3. The van der Waals surface area contributed by atoms with Crippen molar-refractivity contribution < 1.29 is 24.2 Å². The zero-order valence-electron chi connectivity index (χ0n) is 11.8. The van der Waals surface area contributed by atoms with Gasteiger partial charge in [0.05, 0.1) is 5.56 Å². The maximum atomic E-state index is 12.3. The zero-order valence-corrected chi connectivity index (χ0v) is 13.4. The first-order chi connectivity index (χ1) is 11.0. The molecule has 0 saturated heterocycles. The van der Waals surface area contributed by atoms with E-state index in [-0.39, 0.29) is 11.5 Å². The van der Waals surface area contributed by atoms with Gasteiger partial charge < -0.3 is 14.6 Å². The lowest BCUT2D eigenvalue weighted by Gasteiger charge is -2.04. The molecule has 3 rings (SSSR count). The molecule has 0 bridgehead atoms. The van der Waals surface area contributed by atoms with Crippen molar-refractivity contribution in [3.63, 3.8) is 0 Å². The van der Waals surface area contributed by atoms with Crippen molar-refractivity contribution in [2.24, 2.45) is 0 Å². The van der Waals surface area contributed by atoms with Crippen molar-refractivity contribution in [2.45, 2.75) is 0 Å². The minimum atomic E-state index is -1.07. The van der Waals surface area contributed by atoms with E-state index >= 15 is 0 Å². The monoisotopic (exact) mass is 374 g/mol. The van der Waals surface area contributed by atoms with Gasteiger partial charge in [0.15, 0.2) is 12.4 Å². The predicted molar refractivity (Wildman–Crippen MR) is 86.7 cm³/mol. The van der Waals surface area contributed by atoms with E-state index in [4.69, 9.17) is 14.6 Å². The summed E-state index contributed by atoms with van der Waals surface area (Å²) in [5.41, 5.74) is 1.26. The molecule has 0 unspecified atom stereocenters. The Balaban J connectivity index is 1.85. The molecule has 0 radical (unpaired) electrons. The standard InChI is InChI=1S/C17H11BrO5/c18-11-3-1-2-10(6-11)7-15-17(21)13-5-4-12(8-14(13)23-15)22-9-16(19)20/h1-8H,9H2,(H,19,20)/b15-7-. The van der Waals surface area contributed by atoms with E-state index in [1.165, 1.54) is 6.07 Å². The van der Waals surface area contributed by atoms with E-state index in [0.717, 1.165) is 10.0 Å². The quantitative estimate of drug-likeness (QED) is 0.828. The average Bonchev–Trinajstić information content (AvgIpc) is 2.81. The second-order valence-electron chi connectivity index (χ2n) is 4.84. The summed E-state index contributed by atoms with van der Waals surface area (Å²) in [6, 6.07) is 12.1. The molecule has 5 nitrogen and oxygen atoms in total. The highest BCUT2D eigenvalue weighted by molar-refractivity contribution is 9.10. The van der Waals surface area contributed by atoms with Crippen LogP contribution in [-0.2, 0) is 4.79 Å². The largest absolute Gasteiger partial charge is 0.482 e. The second kappa shape index (κ2) is 6.26. The Morgan fingerprint density at radius 2 is 2.09 bits per heavy atom. The predicted octanol–water partition coefficient (Wildman–Crippen LogP) is 3.53. The fraction of sp³-hybridized carbons (Fsp3) is 0.0588. The van der Waals surface area contributed by atoms with Crippen LogP contribution in [0.5, 0.6) is 11.5 Å². The van der Waals surface area contributed by atoms with Crippen LogP contribution in [0.3, 0.4) is 0 Å². The topological polar surface area (TPSA) is 72.8 Å². The molecule has 0 spiro atoms. The van der Waals surface area contributed by atoms with Gasteiger partial charge >= 0.3 is 5.97 Å². The number of Topliss-reactive ketones (excluding diaryl/α,β-unsaturated/α-hetero) is 1. The van der Waals surface area contributed by atoms with Crippen LogP contribution in [0.25, 0.3) is 6.08 Å². The number of rotatable bonds is 4. The molecule has 0 saturated carbocycles. The van der Waals surface area contributed by atoms with Gasteiger partial charge in [0.2, 0.25) is 5.78 Å². The van der Waals surface area contributed by atoms with Gasteiger partial charge in [0.25, 0.3) is 0 Å². The van der Waals surface area contributed by atoms with Gasteiger partial charge in [-0.2, -0.15) is 0 Å². The Kier molecular flexibility index (Phi) is 4.16. The van der Waals surface area contributed by atoms with Gasteiger partial charge in [-0.1, -0.05) is 28.1 Å². The van der Waals surface area contributed by atoms with Crippen LogP contribution in [0, 0.1) is 0 Å². The summed E-state index contributed by atoms with van der Waals surface area (Å²) in [6.07, 6.45) is 1.66. The maximum absolute atomic E-state index is 12.3. The lowest BCUT2D eigenvalue weighted by molar-refractivity contribution is -0.139. The van der Waals surface area contributed by atoms with E-state index < -0.39 is 12.6 Å². The summed E-state index contributed by atoms with van der Waals surface area (Å²) in [5.74, 6) is -0.377. The molecule has 0 atom stereocenters. The van der Waals surface area contributed by atoms with Crippen LogP contribution in [0.2, 0.25) is 0 Å². The molecular formula is C17H11BrO5. The van der Waals surface area contributed by atoms with Gasteiger partial charge in [0, 0.05) is 10.5 Å². The van der Waals surface area contributed by atoms with Crippen LogP contribution in [0.1, 0.15) is 15.9 Å². The first-order valence-corrected chi connectivity index (χ1v) is 7.51. The number of ketones is 1. The molecule has 0 aromatic heterocycles. The zero-order chi connectivity index (χ0) is 16.4. The molecule has 1 N–H and O–H groups in total. The van der Waals surface area contributed by atoms with Crippen LogP contribution in [0.15, 0.2) is 52.7 Å². The highest BCUT2D eigenvalue weighted by Gasteiger charge is 2.27. The number of carbonyl (C=O) groups is 2. The average molecular weight is 375 g/mol. The number of halogens is 1. The number of ether oxygens (including phenoxy) is 2. The first-order valence-electron chi connectivity index (χ1n) is 6.71. The van der Waals surface area contributed by atoms with Crippen molar-refractivity contribution in [1.82, 2.24) is 0 Å². The summed E-state index contributed by atoms with van der Waals surface area (Å²) < 4.78 is 11.6. The third kappa shape index (κ3) is 3.43. The molecule has 0 fully saturated rings. The van der Waals surface area contributed by atoms with Crippen molar-refractivity contribution in [3.8, 4) is 11.5 Å². The van der Waals surface area contributed by atoms with Crippen LogP contribution >= 0.6 is 15.9 Å². The van der Waals surface area contributed by atoms with Crippen LogP contribution < -0.4 is 9.47 Å². The summed E-state index contributed by atoms with van der Waals surface area (Å²) in [4.78, 5) is 22.8. The SMILES string of the molecule is O=C(O)COc1ccc2c(c1)O/C(=C\c1cccc(Br)c1)C2=O. The normalized spacial score (nSPS) is 14.5. The van der Waals surface area contributed by atoms with Crippen molar-refractivity contribution >= 4 is 33.8 Å². The number of carboxylic acids is 1. The lowest BCUT2D eigenvalue weighted by atomic mass is 10.1. The summed E-state index contributed by atoms with van der Waals surface area (Å²) in [7, 11) is 0. The minimum Gasteiger partial charge on any atom is -0.482 e. The molecule has 2 aromatic carbocycles. The van der Waals surface area contributed by atoms with E-state index in [9.17, 15) is 9.59 Å². The number of aliphatic carboxylic acids is 1. The summed E-state index contributed by atoms with van der Waals surface area (Å²) in [6.45, 7) is -0.451. The number of carbonyl (C=O) groups excluding carboxylic acids is 1. The molecule has 1 aliphatic heterocycles. The summed E-state index contributed by atoms with van der Waals surface area (Å²) >= 11 is 3.37. The van der Waals surface area contributed by atoms with Gasteiger partial charge in [-0.05, 0) is 35.9 Å². The number of hydrogen-bond donors (Lipinski definition) is 1. The third-order valence-corrected chi connectivity index (χ3v) is 3.64. The van der Waals surface area contributed by atoms with E-state index in [2.05, 4.69) is 15.9 Å². The summed E-state index contributed by atoms with van der Waals surface area (Å²) in [5, 5.41) is 8.62. The van der Waals surface area contributed by atoms with E-state index in [0.29, 0.717) is 17.1 Å². The third-order valence-electron chi connectivity index (χ3n) is 3.15. The lowest BCUT2D eigenvalue weighted by Crippen LogP contribution is -2.09. The smallest absolute Gasteiger partial charge is 0.341 e. The Hall–Kier alpha value is -2.60. The van der Waals surface area contributed by atoms with Gasteiger partial charge in [-0.25, -0.2) is 4.79 Å². The fourth-order valence-electron chi connectivity index (χ4n) is 2.15. The molecule has 2 aromatic rings. The van der Waals surface area contributed by atoms with E-state index in [1.54, 1.807) is 18.2 Å².